The Hall–Kier alpha value is -1.88. The fourth-order valence-corrected chi connectivity index (χ4v) is 2.24. The van der Waals surface area contributed by atoms with Crippen molar-refractivity contribution in [3.63, 3.8) is 0 Å². The van der Waals surface area contributed by atoms with E-state index in [0.717, 1.165) is 30.5 Å². The molecule has 0 aliphatic heterocycles. The van der Waals surface area contributed by atoms with Crippen LogP contribution in [0.1, 0.15) is 19.4 Å². The Morgan fingerprint density at radius 2 is 2.20 bits per heavy atom. The number of carbonyl (C=O) groups is 1. The van der Waals surface area contributed by atoms with Crippen LogP contribution >= 0.6 is 0 Å². The highest BCUT2D eigenvalue weighted by Gasteiger charge is 2.16. The van der Waals surface area contributed by atoms with E-state index < -0.39 is 5.97 Å². The van der Waals surface area contributed by atoms with Crippen LogP contribution in [-0.4, -0.2) is 54.2 Å². The molecule has 1 rings (SSSR count). The van der Waals surface area contributed by atoms with Crippen LogP contribution in [0.4, 0.5) is 5.82 Å². The molecule has 0 fully saturated rings. The Kier molecular flexibility index (Phi) is 6.18. The minimum atomic E-state index is -0.954. The number of nitrogens with zero attached hydrogens (tertiary/aromatic N) is 3. The molecule has 0 aliphatic rings. The van der Waals surface area contributed by atoms with Crippen molar-refractivity contribution in [2.24, 2.45) is 0 Å². The van der Waals surface area contributed by atoms with E-state index in [1.807, 2.05) is 26.2 Å². The number of hydrogen-bond acceptors (Lipinski definition) is 4. The number of pyridine rings is 1. The van der Waals surface area contributed by atoms with Gasteiger partial charge in [0.25, 0.3) is 0 Å². The van der Waals surface area contributed by atoms with Gasteiger partial charge in [0, 0.05) is 37.0 Å². The molecule has 0 amide bonds. The maximum atomic E-state index is 10.7. The highest BCUT2D eigenvalue weighted by molar-refractivity contribution is 5.86. The highest BCUT2D eigenvalue weighted by atomic mass is 16.4. The van der Waals surface area contributed by atoms with Crippen LogP contribution in [0.5, 0.6) is 0 Å². The van der Waals surface area contributed by atoms with Gasteiger partial charge in [0.05, 0.1) is 0 Å². The first-order chi connectivity index (χ1) is 9.45. The zero-order chi connectivity index (χ0) is 15.1. The number of likely N-dealkylation sites (N-methyl/N-ethyl adjacent to an activating group) is 2. The van der Waals surface area contributed by atoms with Crippen LogP contribution in [0, 0.1) is 0 Å². The molecular formula is C15H23N3O2. The third-order valence-electron chi connectivity index (χ3n) is 3.00. The zero-order valence-corrected chi connectivity index (χ0v) is 12.6. The van der Waals surface area contributed by atoms with Gasteiger partial charge < -0.3 is 14.9 Å². The van der Waals surface area contributed by atoms with Gasteiger partial charge in [-0.15, -0.1) is 0 Å². The molecular weight excluding hydrogens is 254 g/mol. The van der Waals surface area contributed by atoms with Crippen molar-refractivity contribution < 1.29 is 9.90 Å². The summed E-state index contributed by atoms with van der Waals surface area (Å²) in [6.45, 7) is 5.95. The lowest BCUT2D eigenvalue weighted by Gasteiger charge is -2.32. The summed E-state index contributed by atoms with van der Waals surface area (Å²) in [5, 5.41) is 8.76. The minimum Gasteiger partial charge on any atom is -0.478 e. The summed E-state index contributed by atoms with van der Waals surface area (Å²) >= 11 is 0. The Balaban J connectivity index is 3.05. The second-order valence-corrected chi connectivity index (χ2v) is 4.99. The molecule has 1 N–H and O–H groups in total. The lowest BCUT2D eigenvalue weighted by Crippen LogP contribution is -2.40. The van der Waals surface area contributed by atoms with E-state index in [-0.39, 0.29) is 0 Å². The second kappa shape index (κ2) is 7.65. The van der Waals surface area contributed by atoms with Gasteiger partial charge in [-0.2, -0.15) is 0 Å². The number of rotatable bonds is 7. The molecule has 1 heterocycles. The van der Waals surface area contributed by atoms with Gasteiger partial charge in [0.1, 0.15) is 5.82 Å². The van der Waals surface area contributed by atoms with Crippen molar-refractivity contribution in [2.45, 2.75) is 19.9 Å². The van der Waals surface area contributed by atoms with Crippen LogP contribution in [-0.2, 0) is 4.79 Å². The summed E-state index contributed by atoms with van der Waals surface area (Å²) in [6, 6.07) is 3.99. The normalized spacial score (nSPS) is 12.8. The van der Waals surface area contributed by atoms with Gasteiger partial charge >= 0.3 is 5.97 Å². The average molecular weight is 277 g/mol. The maximum Gasteiger partial charge on any atom is 0.328 e. The molecule has 0 bridgehead atoms. The lowest BCUT2D eigenvalue weighted by molar-refractivity contribution is -0.131. The van der Waals surface area contributed by atoms with Gasteiger partial charge in [-0.05, 0) is 46.2 Å². The minimum absolute atomic E-state index is 0.293. The molecule has 20 heavy (non-hydrogen) atoms. The van der Waals surface area contributed by atoms with Gasteiger partial charge in [-0.1, -0.05) is 0 Å². The van der Waals surface area contributed by atoms with E-state index >= 15 is 0 Å². The van der Waals surface area contributed by atoms with Crippen LogP contribution < -0.4 is 4.90 Å². The maximum absolute atomic E-state index is 10.7. The summed E-state index contributed by atoms with van der Waals surface area (Å²) in [5.41, 5.74) is 0.822. The third-order valence-corrected chi connectivity index (χ3v) is 3.00. The lowest BCUT2D eigenvalue weighted by atomic mass is 10.2. The third kappa shape index (κ3) is 4.66. The van der Waals surface area contributed by atoms with Gasteiger partial charge in [0.15, 0.2) is 0 Å². The number of carboxylic acid groups (broad SMARTS) is 1. The second-order valence-electron chi connectivity index (χ2n) is 4.99. The molecule has 1 aromatic heterocycles. The predicted octanol–water partition coefficient (Wildman–Crippen LogP) is 1.96. The van der Waals surface area contributed by atoms with E-state index in [1.54, 1.807) is 12.3 Å². The zero-order valence-electron chi connectivity index (χ0n) is 12.6. The van der Waals surface area contributed by atoms with Crippen molar-refractivity contribution in [1.29, 1.82) is 0 Å². The summed E-state index contributed by atoms with van der Waals surface area (Å²) in [4.78, 5) is 19.4. The summed E-state index contributed by atoms with van der Waals surface area (Å²) in [7, 11) is 4.07. The van der Waals surface area contributed by atoms with Gasteiger partial charge in [-0.25, -0.2) is 9.78 Å². The van der Waals surface area contributed by atoms with E-state index in [2.05, 4.69) is 28.6 Å². The van der Waals surface area contributed by atoms with Gasteiger partial charge in [0.2, 0.25) is 0 Å². The SMILES string of the molecule is CCN(c1ncccc1/C=C/C(=O)O)C(C)CN(C)C. The van der Waals surface area contributed by atoms with Crippen molar-refractivity contribution >= 4 is 17.9 Å². The number of aromatic nitrogens is 1. The van der Waals surface area contributed by atoms with E-state index in [0.29, 0.717) is 6.04 Å². The molecule has 0 saturated carbocycles. The van der Waals surface area contributed by atoms with Crippen LogP contribution in [0.2, 0.25) is 0 Å². The smallest absolute Gasteiger partial charge is 0.328 e. The largest absolute Gasteiger partial charge is 0.478 e. The van der Waals surface area contributed by atoms with Crippen molar-refractivity contribution in [1.82, 2.24) is 9.88 Å². The first-order valence-corrected chi connectivity index (χ1v) is 6.73. The molecule has 0 saturated heterocycles. The average Bonchev–Trinajstić information content (AvgIpc) is 2.37. The molecule has 5 nitrogen and oxygen atoms in total. The number of anilines is 1. The quantitative estimate of drug-likeness (QED) is 0.772. The van der Waals surface area contributed by atoms with Crippen molar-refractivity contribution in [3.8, 4) is 0 Å². The molecule has 1 atom stereocenters. The van der Waals surface area contributed by atoms with Crippen molar-refractivity contribution in [3.05, 3.63) is 30.0 Å². The fourth-order valence-electron chi connectivity index (χ4n) is 2.24. The Morgan fingerprint density at radius 3 is 2.75 bits per heavy atom. The monoisotopic (exact) mass is 277 g/mol. The van der Waals surface area contributed by atoms with Crippen molar-refractivity contribution in [2.75, 3.05) is 32.1 Å². The Labute approximate surface area is 120 Å². The summed E-state index contributed by atoms with van der Waals surface area (Å²) in [6.07, 6.45) is 4.47. The molecule has 110 valence electrons. The number of hydrogen-bond donors (Lipinski definition) is 1. The molecule has 0 radical (unpaired) electrons. The predicted molar refractivity (Wildman–Crippen MR) is 81.9 cm³/mol. The van der Waals surface area contributed by atoms with E-state index in [1.165, 1.54) is 0 Å². The molecule has 1 unspecified atom stereocenters. The van der Waals surface area contributed by atoms with Gasteiger partial charge in [-0.3, -0.25) is 0 Å². The molecule has 1 aromatic rings. The molecule has 0 spiro atoms. The fraction of sp³-hybridized carbons (Fsp3) is 0.467. The molecule has 0 aromatic carbocycles. The van der Waals surface area contributed by atoms with Crippen LogP contribution in [0.3, 0.4) is 0 Å². The first-order valence-electron chi connectivity index (χ1n) is 6.73. The number of aliphatic carboxylic acids is 1. The Bertz CT molecular complexity index is 472. The molecule has 0 aliphatic carbocycles. The van der Waals surface area contributed by atoms with Crippen LogP contribution in [0.15, 0.2) is 24.4 Å². The first kappa shape index (κ1) is 16.2. The van der Waals surface area contributed by atoms with Crippen LogP contribution in [0.25, 0.3) is 6.08 Å². The molecule has 5 heteroatoms. The van der Waals surface area contributed by atoms with E-state index in [4.69, 9.17) is 5.11 Å². The Morgan fingerprint density at radius 1 is 1.50 bits per heavy atom. The highest BCUT2D eigenvalue weighted by Crippen LogP contribution is 2.21. The van der Waals surface area contributed by atoms with E-state index in [9.17, 15) is 4.79 Å². The topological polar surface area (TPSA) is 56.7 Å². The standard InChI is InChI=1S/C15H23N3O2/c1-5-18(12(2)11-17(3)4)15-13(7-6-10-16-15)8-9-14(19)20/h6-10,12H,5,11H2,1-4H3,(H,19,20)/b9-8+. The summed E-state index contributed by atoms with van der Waals surface area (Å²) < 4.78 is 0. The number of carboxylic acids is 1. The summed E-state index contributed by atoms with van der Waals surface area (Å²) in [5.74, 6) is -0.133.